The highest BCUT2D eigenvalue weighted by Crippen LogP contribution is 2.37. The summed E-state index contributed by atoms with van der Waals surface area (Å²) in [6.45, 7) is 18.3. The Bertz CT molecular complexity index is 610. The summed E-state index contributed by atoms with van der Waals surface area (Å²) in [5.74, 6) is -0.298. The molecule has 0 heterocycles. The lowest BCUT2D eigenvalue weighted by molar-refractivity contribution is -0.137. The van der Waals surface area contributed by atoms with Crippen LogP contribution in [-0.2, 0) is 26.0 Å². The third-order valence-corrected chi connectivity index (χ3v) is 9.48. The Morgan fingerprint density at radius 1 is 1.16 bits per heavy atom. The molecule has 4 heteroatoms. The number of allylic oxidation sites excluding steroid dienone is 1. The SMILES string of the molecule is CCOC(=O)/C=C/C(C)(C)c1cccc(CO[Si](C)(C)C(C)(C)C)c1. The third kappa shape index (κ3) is 6.44. The van der Waals surface area contributed by atoms with Gasteiger partial charge in [-0.3, -0.25) is 0 Å². The molecule has 0 N–H and O–H groups in total. The lowest BCUT2D eigenvalue weighted by Gasteiger charge is -2.36. The van der Waals surface area contributed by atoms with Gasteiger partial charge >= 0.3 is 5.97 Å². The molecule has 0 saturated heterocycles. The molecule has 0 unspecified atom stereocenters. The number of hydrogen-bond acceptors (Lipinski definition) is 3. The van der Waals surface area contributed by atoms with Crippen molar-refractivity contribution < 1.29 is 14.0 Å². The fourth-order valence-corrected chi connectivity index (χ4v) is 3.07. The van der Waals surface area contributed by atoms with Crippen molar-refractivity contribution in [3.8, 4) is 0 Å². The monoisotopic (exact) mass is 362 g/mol. The van der Waals surface area contributed by atoms with E-state index in [9.17, 15) is 4.79 Å². The molecule has 0 aromatic heterocycles. The molecule has 3 nitrogen and oxygen atoms in total. The highest BCUT2D eigenvalue weighted by atomic mass is 28.4. The van der Waals surface area contributed by atoms with Crippen molar-refractivity contribution in [3.63, 3.8) is 0 Å². The number of carbonyl (C=O) groups excluding carboxylic acids is 1. The Morgan fingerprint density at radius 2 is 1.80 bits per heavy atom. The fourth-order valence-electron chi connectivity index (χ4n) is 2.11. The highest BCUT2D eigenvalue weighted by molar-refractivity contribution is 6.74. The van der Waals surface area contributed by atoms with E-state index in [0.717, 1.165) is 5.56 Å². The van der Waals surface area contributed by atoms with Crippen molar-refractivity contribution in [2.24, 2.45) is 0 Å². The maximum absolute atomic E-state index is 11.6. The first kappa shape index (κ1) is 21.6. The van der Waals surface area contributed by atoms with E-state index in [4.69, 9.17) is 9.16 Å². The minimum atomic E-state index is -1.77. The Morgan fingerprint density at radius 3 is 2.36 bits per heavy atom. The normalized spacial score (nSPS) is 13.3. The molecule has 0 radical (unpaired) electrons. The van der Waals surface area contributed by atoms with E-state index in [1.807, 2.05) is 13.0 Å². The van der Waals surface area contributed by atoms with E-state index in [1.54, 1.807) is 0 Å². The molecule has 0 fully saturated rings. The summed E-state index contributed by atoms with van der Waals surface area (Å²) in [5, 5.41) is 0.201. The molecule has 0 bridgehead atoms. The number of hydrogen-bond donors (Lipinski definition) is 0. The Labute approximate surface area is 154 Å². The second-order valence-electron chi connectivity index (χ2n) is 8.56. The van der Waals surface area contributed by atoms with Crippen molar-refractivity contribution in [1.29, 1.82) is 0 Å². The fraction of sp³-hybridized carbons (Fsp3) is 0.571. The topological polar surface area (TPSA) is 35.5 Å². The molecule has 0 atom stereocenters. The summed E-state index contributed by atoms with van der Waals surface area (Å²) in [5.41, 5.74) is 2.07. The van der Waals surface area contributed by atoms with Crippen LogP contribution in [0.4, 0.5) is 0 Å². The Kier molecular flexibility index (Phi) is 7.21. The number of ether oxygens (including phenoxy) is 1. The van der Waals surface area contributed by atoms with Crippen LogP contribution in [-0.4, -0.2) is 20.9 Å². The average molecular weight is 363 g/mol. The minimum absolute atomic E-state index is 0.201. The molecule has 0 amide bonds. The van der Waals surface area contributed by atoms with Crippen LogP contribution in [0.25, 0.3) is 0 Å². The molecule has 0 aliphatic carbocycles. The van der Waals surface area contributed by atoms with Gasteiger partial charge < -0.3 is 9.16 Å². The molecule has 0 spiro atoms. The summed E-state index contributed by atoms with van der Waals surface area (Å²) in [4.78, 5) is 11.6. The van der Waals surface area contributed by atoms with Crippen LogP contribution in [0.5, 0.6) is 0 Å². The zero-order valence-corrected chi connectivity index (χ0v) is 18.1. The molecule has 1 rings (SSSR count). The maximum atomic E-state index is 11.6. The smallest absolute Gasteiger partial charge is 0.330 e. The quantitative estimate of drug-likeness (QED) is 0.359. The molecule has 0 aliphatic rings. The second kappa shape index (κ2) is 8.32. The maximum Gasteiger partial charge on any atom is 0.330 e. The van der Waals surface area contributed by atoms with Crippen molar-refractivity contribution in [1.82, 2.24) is 0 Å². The van der Waals surface area contributed by atoms with Crippen molar-refractivity contribution in [2.75, 3.05) is 6.61 Å². The summed E-state index contributed by atoms with van der Waals surface area (Å²) in [6, 6.07) is 8.41. The minimum Gasteiger partial charge on any atom is -0.463 e. The number of rotatable bonds is 7. The van der Waals surface area contributed by atoms with Gasteiger partial charge in [0.2, 0.25) is 0 Å². The molecular weight excluding hydrogens is 328 g/mol. The van der Waals surface area contributed by atoms with Gasteiger partial charge in [-0.15, -0.1) is 0 Å². The summed E-state index contributed by atoms with van der Waals surface area (Å²) < 4.78 is 11.3. The largest absolute Gasteiger partial charge is 0.463 e. The highest BCUT2D eigenvalue weighted by Gasteiger charge is 2.37. The van der Waals surface area contributed by atoms with Gasteiger partial charge in [0, 0.05) is 11.5 Å². The standard InChI is InChI=1S/C21H34O3Si/c1-9-23-19(22)13-14-21(5,6)18-12-10-11-17(15-18)16-24-25(7,8)20(2,3)4/h10-15H,9,16H2,1-8H3/b14-13+. The summed E-state index contributed by atoms with van der Waals surface area (Å²) in [6.07, 6.45) is 3.42. The van der Waals surface area contributed by atoms with Crippen LogP contribution in [0.1, 0.15) is 52.7 Å². The van der Waals surface area contributed by atoms with Gasteiger partial charge in [0.15, 0.2) is 8.32 Å². The summed E-state index contributed by atoms with van der Waals surface area (Å²) >= 11 is 0. The molecule has 1 aromatic rings. The molecular formula is C21H34O3Si. The van der Waals surface area contributed by atoms with Crippen LogP contribution < -0.4 is 0 Å². The first-order valence-electron chi connectivity index (χ1n) is 8.98. The average Bonchev–Trinajstić information content (AvgIpc) is 2.51. The molecule has 140 valence electrons. The predicted octanol–water partition coefficient (Wildman–Crippen LogP) is 5.61. The van der Waals surface area contributed by atoms with Gasteiger partial charge in [0.1, 0.15) is 0 Å². The van der Waals surface area contributed by atoms with Crippen LogP contribution in [0.3, 0.4) is 0 Å². The van der Waals surface area contributed by atoms with Gasteiger partial charge in [-0.1, -0.05) is 65.0 Å². The zero-order valence-electron chi connectivity index (χ0n) is 17.1. The first-order valence-corrected chi connectivity index (χ1v) is 11.9. The van der Waals surface area contributed by atoms with Crippen LogP contribution in [0, 0.1) is 0 Å². The Hall–Kier alpha value is -1.39. The number of carbonyl (C=O) groups is 1. The third-order valence-electron chi connectivity index (χ3n) is 5.00. The molecule has 0 aliphatic heterocycles. The molecule has 1 aromatic carbocycles. The van der Waals surface area contributed by atoms with E-state index in [0.29, 0.717) is 13.2 Å². The molecule has 25 heavy (non-hydrogen) atoms. The van der Waals surface area contributed by atoms with E-state index in [1.165, 1.54) is 11.6 Å². The van der Waals surface area contributed by atoms with E-state index in [2.05, 4.69) is 72.0 Å². The second-order valence-corrected chi connectivity index (χ2v) is 13.4. The first-order chi connectivity index (χ1) is 11.4. The molecule has 0 saturated carbocycles. The summed E-state index contributed by atoms with van der Waals surface area (Å²) in [7, 11) is -1.77. The van der Waals surface area contributed by atoms with Gasteiger partial charge in [0.25, 0.3) is 0 Å². The lowest BCUT2D eigenvalue weighted by atomic mass is 9.83. The van der Waals surface area contributed by atoms with E-state index in [-0.39, 0.29) is 16.4 Å². The van der Waals surface area contributed by atoms with E-state index >= 15 is 0 Å². The van der Waals surface area contributed by atoms with Gasteiger partial charge in [-0.05, 0) is 36.2 Å². The lowest BCUT2D eigenvalue weighted by Crippen LogP contribution is -2.40. The van der Waals surface area contributed by atoms with Crippen molar-refractivity contribution >= 4 is 14.3 Å². The van der Waals surface area contributed by atoms with Crippen molar-refractivity contribution in [3.05, 3.63) is 47.5 Å². The van der Waals surface area contributed by atoms with Crippen LogP contribution in [0.15, 0.2) is 36.4 Å². The van der Waals surface area contributed by atoms with Gasteiger partial charge in [-0.2, -0.15) is 0 Å². The number of benzene rings is 1. The Balaban J connectivity index is 2.88. The van der Waals surface area contributed by atoms with Crippen LogP contribution in [0.2, 0.25) is 18.1 Å². The van der Waals surface area contributed by atoms with Crippen LogP contribution >= 0.6 is 0 Å². The number of esters is 1. The zero-order chi connectivity index (χ0) is 19.3. The predicted molar refractivity (Wildman–Crippen MR) is 107 cm³/mol. The van der Waals surface area contributed by atoms with Gasteiger partial charge in [-0.25, -0.2) is 4.79 Å². The van der Waals surface area contributed by atoms with Gasteiger partial charge in [0.05, 0.1) is 13.2 Å². The van der Waals surface area contributed by atoms with E-state index < -0.39 is 8.32 Å². The van der Waals surface area contributed by atoms with Crippen molar-refractivity contribution in [2.45, 2.75) is 71.7 Å².